The summed E-state index contributed by atoms with van der Waals surface area (Å²) in [6, 6.07) is 10.5. The first kappa shape index (κ1) is 7.77. The highest BCUT2D eigenvalue weighted by molar-refractivity contribution is 5.14. The maximum Gasteiger partial charge on any atom is 0.0353 e. The van der Waals surface area contributed by atoms with E-state index in [0.29, 0.717) is 0 Å². The van der Waals surface area contributed by atoms with Gasteiger partial charge in [0.15, 0.2) is 0 Å². The smallest absolute Gasteiger partial charge is 0.0353 e. The van der Waals surface area contributed by atoms with E-state index in [-0.39, 0.29) is 0 Å². The van der Waals surface area contributed by atoms with Gasteiger partial charge in [0, 0.05) is 19.6 Å². The summed E-state index contributed by atoms with van der Waals surface area (Å²) < 4.78 is 0. The minimum atomic E-state index is 0.959. The van der Waals surface area contributed by atoms with E-state index >= 15 is 0 Å². The second-order valence-electron chi connectivity index (χ2n) is 3.16. The molecular weight excluding hydrogens is 148 g/mol. The first-order valence-corrected chi connectivity index (χ1v) is 4.47. The largest absolute Gasteiger partial charge is 0.251 e. The van der Waals surface area contributed by atoms with Crippen LogP contribution < -0.4 is 5.43 Å². The molecule has 1 aromatic carbocycles. The summed E-state index contributed by atoms with van der Waals surface area (Å²) in [5.41, 5.74) is 4.72. The van der Waals surface area contributed by atoms with Crippen molar-refractivity contribution in [3.63, 3.8) is 0 Å². The Balaban J connectivity index is 1.79. The molecule has 1 aromatic rings. The second-order valence-corrected chi connectivity index (χ2v) is 3.16. The Hall–Kier alpha value is -0.860. The zero-order valence-electron chi connectivity index (χ0n) is 7.16. The SMILES string of the molecule is c1ccc(CNN2CCC2)cc1. The van der Waals surface area contributed by atoms with Crippen LogP contribution in [0.3, 0.4) is 0 Å². The van der Waals surface area contributed by atoms with Crippen molar-refractivity contribution in [1.82, 2.24) is 10.4 Å². The zero-order chi connectivity index (χ0) is 8.23. The lowest BCUT2D eigenvalue weighted by Gasteiger charge is -2.31. The minimum absolute atomic E-state index is 0.959. The summed E-state index contributed by atoms with van der Waals surface area (Å²) in [6.07, 6.45) is 1.34. The van der Waals surface area contributed by atoms with Crippen molar-refractivity contribution < 1.29 is 0 Å². The van der Waals surface area contributed by atoms with E-state index in [1.807, 2.05) is 6.07 Å². The van der Waals surface area contributed by atoms with Crippen LogP contribution in [0, 0.1) is 0 Å². The monoisotopic (exact) mass is 162 g/mol. The molecule has 2 nitrogen and oxygen atoms in total. The Morgan fingerprint density at radius 2 is 1.92 bits per heavy atom. The number of hydrazine groups is 1. The lowest BCUT2D eigenvalue weighted by atomic mass is 10.2. The molecule has 1 N–H and O–H groups in total. The molecule has 0 bridgehead atoms. The van der Waals surface area contributed by atoms with Crippen molar-refractivity contribution in [3.8, 4) is 0 Å². The molecule has 2 heteroatoms. The van der Waals surface area contributed by atoms with Gasteiger partial charge in [-0.15, -0.1) is 0 Å². The van der Waals surface area contributed by atoms with Crippen molar-refractivity contribution in [3.05, 3.63) is 35.9 Å². The average Bonchev–Trinajstić information content (AvgIpc) is 2.04. The molecule has 0 atom stereocenters. The highest BCUT2D eigenvalue weighted by Gasteiger charge is 2.11. The van der Waals surface area contributed by atoms with Crippen molar-refractivity contribution in [2.24, 2.45) is 0 Å². The number of benzene rings is 1. The zero-order valence-corrected chi connectivity index (χ0v) is 7.16. The first-order valence-electron chi connectivity index (χ1n) is 4.47. The van der Waals surface area contributed by atoms with Crippen LogP contribution in [0.15, 0.2) is 30.3 Å². The Morgan fingerprint density at radius 3 is 2.50 bits per heavy atom. The van der Waals surface area contributed by atoms with Crippen LogP contribution in [0.25, 0.3) is 0 Å². The van der Waals surface area contributed by atoms with Crippen LogP contribution in [-0.2, 0) is 6.54 Å². The minimum Gasteiger partial charge on any atom is -0.251 e. The summed E-state index contributed by atoms with van der Waals surface area (Å²) in [7, 11) is 0. The number of hydrogen-bond acceptors (Lipinski definition) is 2. The van der Waals surface area contributed by atoms with Gasteiger partial charge < -0.3 is 0 Å². The Bertz CT molecular complexity index is 229. The van der Waals surface area contributed by atoms with Gasteiger partial charge in [-0.3, -0.25) is 5.43 Å². The van der Waals surface area contributed by atoms with Gasteiger partial charge in [-0.1, -0.05) is 30.3 Å². The topological polar surface area (TPSA) is 15.3 Å². The van der Waals surface area contributed by atoms with E-state index in [9.17, 15) is 0 Å². The van der Waals surface area contributed by atoms with Gasteiger partial charge >= 0.3 is 0 Å². The van der Waals surface area contributed by atoms with Crippen molar-refractivity contribution >= 4 is 0 Å². The number of nitrogens with zero attached hydrogens (tertiary/aromatic N) is 1. The van der Waals surface area contributed by atoms with Crippen LogP contribution >= 0.6 is 0 Å². The van der Waals surface area contributed by atoms with Crippen LogP contribution in [-0.4, -0.2) is 18.1 Å². The van der Waals surface area contributed by atoms with E-state index < -0.39 is 0 Å². The standard InChI is InChI=1S/C10H14N2/c1-2-5-10(6-3-1)9-11-12-7-4-8-12/h1-3,5-6,11H,4,7-9H2. The summed E-state index contributed by atoms with van der Waals surface area (Å²) in [6.45, 7) is 3.36. The molecule has 64 valence electrons. The van der Waals surface area contributed by atoms with Gasteiger partial charge in [-0.25, -0.2) is 5.01 Å². The molecule has 1 saturated heterocycles. The highest BCUT2D eigenvalue weighted by Crippen LogP contribution is 2.03. The quantitative estimate of drug-likeness (QED) is 0.722. The molecule has 0 amide bonds. The van der Waals surface area contributed by atoms with E-state index in [0.717, 1.165) is 6.54 Å². The van der Waals surface area contributed by atoms with Crippen LogP contribution in [0.4, 0.5) is 0 Å². The van der Waals surface area contributed by atoms with Gasteiger partial charge in [-0.05, 0) is 12.0 Å². The molecule has 12 heavy (non-hydrogen) atoms. The Morgan fingerprint density at radius 1 is 1.17 bits per heavy atom. The van der Waals surface area contributed by atoms with E-state index in [4.69, 9.17) is 0 Å². The summed E-state index contributed by atoms with van der Waals surface area (Å²) >= 11 is 0. The summed E-state index contributed by atoms with van der Waals surface area (Å²) in [4.78, 5) is 0. The Labute approximate surface area is 73.2 Å². The lowest BCUT2D eigenvalue weighted by molar-refractivity contribution is 0.105. The summed E-state index contributed by atoms with van der Waals surface area (Å²) in [5, 5.41) is 2.26. The van der Waals surface area contributed by atoms with E-state index in [1.54, 1.807) is 0 Å². The van der Waals surface area contributed by atoms with Crippen molar-refractivity contribution in [2.75, 3.05) is 13.1 Å². The first-order chi connectivity index (χ1) is 5.95. The second kappa shape index (κ2) is 3.70. The van der Waals surface area contributed by atoms with Crippen LogP contribution in [0.5, 0.6) is 0 Å². The fraction of sp³-hybridized carbons (Fsp3) is 0.400. The predicted molar refractivity (Wildman–Crippen MR) is 49.5 cm³/mol. The van der Waals surface area contributed by atoms with Gasteiger partial charge in [0.1, 0.15) is 0 Å². The van der Waals surface area contributed by atoms with Crippen molar-refractivity contribution in [2.45, 2.75) is 13.0 Å². The third-order valence-corrected chi connectivity index (χ3v) is 2.21. The van der Waals surface area contributed by atoms with Crippen LogP contribution in [0.2, 0.25) is 0 Å². The van der Waals surface area contributed by atoms with E-state index in [1.165, 1.54) is 25.1 Å². The van der Waals surface area contributed by atoms with Crippen LogP contribution in [0.1, 0.15) is 12.0 Å². The third-order valence-electron chi connectivity index (χ3n) is 2.21. The van der Waals surface area contributed by atoms with Gasteiger partial charge in [0.05, 0.1) is 0 Å². The average molecular weight is 162 g/mol. The molecule has 1 aliphatic rings. The molecule has 1 aliphatic heterocycles. The molecule has 1 heterocycles. The molecule has 0 aliphatic carbocycles. The predicted octanol–water partition coefficient (Wildman–Crippen LogP) is 1.40. The number of rotatable bonds is 3. The molecule has 2 rings (SSSR count). The summed E-state index contributed by atoms with van der Waals surface area (Å²) in [5.74, 6) is 0. The van der Waals surface area contributed by atoms with E-state index in [2.05, 4.69) is 34.7 Å². The molecule has 0 unspecified atom stereocenters. The number of hydrogen-bond donors (Lipinski definition) is 1. The molecule has 0 radical (unpaired) electrons. The normalized spacial score (nSPS) is 17.3. The van der Waals surface area contributed by atoms with Gasteiger partial charge in [0.25, 0.3) is 0 Å². The maximum absolute atomic E-state index is 3.37. The third kappa shape index (κ3) is 1.84. The maximum atomic E-state index is 3.37. The molecule has 0 spiro atoms. The fourth-order valence-electron chi connectivity index (χ4n) is 1.27. The van der Waals surface area contributed by atoms with Gasteiger partial charge in [0.2, 0.25) is 0 Å². The number of nitrogens with one attached hydrogen (secondary N) is 1. The molecule has 1 fully saturated rings. The highest BCUT2D eigenvalue weighted by atomic mass is 15.5. The molecule has 0 saturated carbocycles. The fourth-order valence-corrected chi connectivity index (χ4v) is 1.27. The Kier molecular flexibility index (Phi) is 2.39. The van der Waals surface area contributed by atoms with Gasteiger partial charge in [-0.2, -0.15) is 0 Å². The lowest BCUT2D eigenvalue weighted by Crippen LogP contribution is -2.46. The molecular formula is C10H14N2. The van der Waals surface area contributed by atoms with Crippen molar-refractivity contribution in [1.29, 1.82) is 0 Å². The molecule has 0 aromatic heterocycles.